The van der Waals surface area contributed by atoms with E-state index in [4.69, 9.17) is 15.9 Å². The molecule has 0 aliphatic heterocycles. The summed E-state index contributed by atoms with van der Waals surface area (Å²) in [6, 6.07) is 0. The highest BCUT2D eigenvalue weighted by Gasteiger charge is 2.27. The number of aliphatic hydroxyl groups is 2. The van der Waals surface area contributed by atoms with E-state index in [9.17, 15) is 0 Å². The topological polar surface area (TPSA) is 66.5 Å². The van der Waals surface area contributed by atoms with E-state index in [-0.39, 0.29) is 6.61 Å². The first-order valence-electron chi connectivity index (χ1n) is 3.11. The molecule has 0 saturated carbocycles. The predicted octanol–water partition coefficient (Wildman–Crippen LogP) is -0.328. The van der Waals surface area contributed by atoms with E-state index in [1.807, 2.05) is 6.92 Å². The van der Waals surface area contributed by atoms with E-state index in [0.29, 0.717) is 6.42 Å². The fraction of sp³-hybridized carbons (Fsp3) is 1.00. The summed E-state index contributed by atoms with van der Waals surface area (Å²) in [5, 5.41) is 17.6. The fourth-order valence-electron chi connectivity index (χ4n) is 0.414. The van der Waals surface area contributed by atoms with Gasteiger partial charge >= 0.3 is 0 Å². The molecule has 0 saturated heterocycles. The van der Waals surface area contributed by atoms with Gasteiger partial charge in [-0.15, -0.1) is 0 Å². The average Bonchev–Trinajstić information content (AvgIpc) is 1.86. The average molecular weight is 133 g/mol. The lowest BCUT2D eigenvalue weighted by molar-refractivity contribution is -0.00350. The molecule has 3 nitrogen and oxygen atoms in total. The van der Waals surface area contributed by atoms with E-state index >= 15 is 0 Å². The van der Waals surface area contributed by atoms with Crippen LogP contribution in [0.15, 0.2) is 0 Å². The third-order valence-electron chi connectivity index (χ3n) is 1.88. The Kier molecular flexibility index (Phi) is 3.11. The van der Waals surface area contributed by atoms with Gasteiger partial charge in [-0.1, -0.05) is 13.8 Å². The van der Waals surface area contributed by atoms with Crippen LogP contribution in [0.1, 0.15) is 20.3 Å². The van der Waals surface area contributed by atoms with Crippen molar-refractivity contribution < 1.29 is 10.2 Å². The SMILES string of the molecule is CCC(C)(CO)C(N)O. The molecule has 0 aliphatic rings. The van der Waals surface area contributed by atoms with Gasteiger partial charge in [0.15, 0.2) is 0 Å². The molecule has 0 spiro atoms. The standard InChI is InChI=1S/C6H15NO2/c1-3-6(2,4-8)5(7)9/h5,8-9H,3-4,7H2,1-2H3. The van der Waals surface area contributed by atoms with Crippen molar-refractivity contribution in [3.05, 3.63) is 0 Å². The molecule has 0 fully saturated rings. The van der Waals surface area contributed by atoms with Crippen molar-refractivity contribution >= 4 is 0 Å². The van der Waals surface area contributed by atoms with Crippen molar-refractivity contribution in [2.24, 2.45) is 11.1 Å². The van der Waals surface area contributed by atoms with E-state index in [1.165, 1.54) is 0 Å². The Morgan fingerprint density at radius 1 is 1.67 bits per heavy atom. The first-order chi connectivity index (χ1) is 4.06. The molecule has 0 aromatic carbocycles. The summed E-state index contributed by atoms with van der Waals surface area (Å²) < 4.78 is 0. The second-order valence-corrected chi connectivity index (χ2v) is 2.61. The summed E-state index contributed by atoms with van der Waals surface area (Å²) in [6.45, 7) is 3.56. The van der Waals surface area contributed by atoms with Crippen LogP contribution in [0.25, 0.3) is 0 Å². The zero-order valence-electron chi connectivity index (χ0n) is 5.96. The van der Waals surface area contributed by atoms with Gasteiger partial charge in [0.25, 0.3) is 0 Å². The monoisotopic (exact) mass is 133 g/mol. The van der Waals surface area contributed by atoms with Crippen LogP contribution in [0.5, 0.6) is 0 Å². The third kappa shape index (κ3) is 1.93. The van der Waals surface area contributed by atoms with Crippen molar-refractivity contribution in [3.63, 3.8) is 0 Å². The lowest BCUT2D eigenvalue weighted by atomic mass is 9.87. The summed E-state index contributed by atoms with van der Waals surface area (Å²) in [5.74, 6) is 0. The van der Waals surface area contributed by atoms with Crippen molar-refractivity contribution in [2.45, 2.75) is 26.5 Å². The first-order valence-corrected chi connectivity index (χ1v) is 3.11. The normalized spacial score (nSPS) is 21.0. The number of rotatable bonds is 3. The summed E-state index contributed by atoms with van der Waals surface area (Å²) in [6.07, 6.45) is -0.242. The Labute approximate surface area is 55.5 Å². The van der Waals surface area contributed by atoms with Gasteiger partial charge in [0.1, 0.15) is 6.23 Å². The van der Waals surface area contributed by atoms with Crippen molar-refractivity contribution in [1.82, 2.24) is 0 Å². The second-order valence-electron chi connectivity index (χ2n) is 2.61. The van der Waals surface area contributed by atoms with Crippen LogP contribution in [0, 0.1) is 5.41 Å². The van der Waals surface area contributed by atoms with Crippen LogP contribution in [0.4, 0.5) is 0 Å². The van der Waals surface area contributed by atoms with Gasteiger partial charge in [0, 0.05) is 5.41 Å². The maximum absolute atomic E-state index is 8.89. The second kappa shape index (κ2) is 3.15. The molecule has 0 heterocycles. The summed E-state index contributed by atoms with van der Waals surface area (Å²) in [5.41, 5.74) is 4.66. The van der Waals surface area contributed by atoms with E-state index < -0.39 is 11.6 Å². The number of nitrogens with two attached hydrogens (primary N) is 1. The van der Waals surface area contributed by atoms with Crippen LogP contribution in [0.3, 0.4) is 0 Å². The van der Waals surface area contributed by atoms with Crippen LogP contribution >= 0.6 is 0 Å². The fourth-order valence-corrected chi connectivity index (χ4v) is 0.414. The largest absolute Gasteiger partial charge is 0.396 e. The Morgan fingerprint density at radius 3 is 2.11 bits per heavy atom. The highest BCUT2D eigenvalue weighted by Crippen LogP contribution is 2.21. The van der Waals surface area contributed by atoms with Gasteiger partial charge in [-0.25, -0.2) is 0 Å². The quantitative estimate of drug-likeness (QED) is 0.462. The van der Waals surface area contributed by atoms with E-state index in [0.717, 1.165) is 0 Å². The molecule has 0 radical (unpaired) electrons. The van der Waals surface area contributed by atoms with Gasteiger partial charge in [0.2, 0.25) is 0 Å². The Bertz CT molecular complexity index is 79.1. The van der Waals surface area contributed by atoms with Gasteiger partial charge in [-0.3, -0.25) is 0 Å². The molecule has 0 aromatic rings. The van der Waals surface area contributed by atoms with Crippen molar-refractivity contribution in [3.8, 4) is 0 Å². The molecule has 0 aromatic heterocycles. The van der Waals surface area contributed by atoms with Gasteiger partial charge in [-0.2, -0.15) is 0 Å². The molecule has 4 N–H and O–H groups in total. The maximum Gasteiger partial charge on any atom is 0.110 e. The molecule has 9 heavy (non-hydrogen) atoms. The molecule has 0 amide bonds. The van der Waals surface area contributed by atoms with Crippen LogP contribution in [-0.2, 0) is 0 Å². The molecular formula is C6H15NO2. The molecule has 2 unspecified atom stereocenters. The lowest BCUT2D eigenvalue weighted by Gasteiger charge is -2.28. The molecule has 3 heteroatoms. The molecule has 0 bridgehead atoms. The van der Waals surface area contributed by atoms with Crippen molar-refractivity contribution in [2.75, 3.05) is 6.61 Å². The molecule has 56 valence electrons. The molecule has 2 atom stereocenters. The minimum Gasteiger partial charge on any atom is -0.396 e. The Hall–Kier alpha value is -0.120. The summed E-state index contributed by atoms with van der Waals surface area (Å²) >= 11 is 0. The highest BCUT2D eigenvalue weighted by atomic mass is 16.3. The van der Waals surface area contributed by atoms with Gasteiger partial charge < -0.3 is 15.9 Å². The number of aliphatic hydroxyl groups excluding tert-OH is 2. The minimum atomic E-state index is -0.924. The summed E-state index contributed by atoms with van der Waals surface area (Å²) in [4.78, 5) is 0. The minimum absolute atomic E-state index is 0.0683. The predicted molar refractivity (Wildman–Crippen MR) is 35.7 cm³/mol. The zero-order valence-corrected chi connectivity index (χ0v) is 5.96. The smallest absolute Gasteiger partial charge is 0.110 e. The number of hydrogen-bond donors (Lipinski definition) is 3. The van der Waals surface area contributed by atoms with Crippen LogP contribution in [-0.4, -0.2) is 23.0 Å². The highest BCUT2D eigenvalue weighted by molar-refractivity contribution is 4.75. The van der Waals surface area contributed by atoms with Crippen LogP contribution in [0.2, 0.25) is 0 Å². The van der Waals surface area contributed by atoms with Crippen molar-refractivity contribution in [1.29, 1.82) is 0 Å². The van der Waals surface area contributed by atoms with E-state index in [2.05, 4.69) is 0 Å². The lowest BCUT2D eigenvalue weighted by Crippen LogP contribution is -2.41. The number of hydrogen-bond acceptors (Lipinski definition) is 3. The summed E-state index contributed by atoms with van der Waals surface area (Å²) in [7, 11) is 0. The first kappa shape index (κ1) is 8.88. The third-order valence-corrected chi connectivity index (χ3v) is 1.88. The Balaban J connectivity index is 3.92. The van der Waals surface area contributed by atoms with Gasteiger partial charge in [-0.05, 0) is 6.42 Å². The molecule has 0 aliphatic carbocycles. The Morgan fingerprint density at radius 2 is 2.11 bits per heavy atom. The van der Waals surface area contributed by atoms with Gasteiger partial charge in [0.05, 0.1) is 6.61 Å². The molecular weight excluding hydrogens is 118 g/mol. The maximum atomic E-state index is 8.89. The van der Waals surface area contributed by atoms with Crippen LogP contribution < -0.4 is 5.73 Å². The molecule has 0 rings (SSSR count). The zero-order chi connectivity index (χ0) is 7.49. The van der Waals surface area contributed by atoms with E-state index in [1.54, 1.807) is 6.92 Å².